The molecule has 1 saturated heterocycles. The van der Waals surface area contributed by atoms with Crippen LogP contribution in [-0.4, -0.2) is 41.5 Å². The van der Waals surface area contributed by atoms with Crippen molar-refractivity contribution in [2.75, 3.05) is 19.6 Å². The first-order valence-corrected chi connectivity index (χ1v) is 10.4. The van der Waals surface area contributed by atoms with Crippen LogP contribution in [0.15, 0.2) is 53.7 Å². The number of nitrogens with one attached hydrogen (secondary N) is 2. The van der Waals surface area contributed by atoms with Gasteiger partial charge in [-0.15, -0.1) is 0 Å². The maximum absolute atomic E-state index is 4.76. The minimum atomic E-state index is 0.460. The van der Waals surface area contributed by atoms with E-state index in [1.54, 1.807) is 0 Å². The summed E-state index contributed by atoms with van der Waals surface area (Å²) in [6.07, 6.45) is 4.09. The van der Waals surface area contributed by atoms with E-state index in [1.807, 2.05) is 12.3 Å². The van der Waals surface area contributed by atoms with E-state index in [0.717, 1.165) is 44.1 Å². The molecule has 1 aliphatic heterocycles. The van der Waals surface area contributed by atoms with Crippen LogP contribution in [0.2, 0.25) is 0 Å². The molecule has 0 aliphatic carbocycles. The molecule has 150 valence electrons. The summed E-state index contributed by atoms with van der Waals surface area (Å²) in [6.45, 7) is 10.2. The zero-order chi connectivity index (χ0) is 19.8. The number of likely N-dealkylation sites (tertiary alicyclic amines) is 1. The molecule has 0 spiro atoms. The molecule has 2 heterocycles. The summed E-state index contributed by atoms with van der Waals surface area (Å²) < 4.78 is 0. The highest BCUT2D eigenvalue weighted by molar-refractivity contribution is 5.80. The van der Waals surface area contributed by atoms with E-state index < -0.39 is 0 Å². The van der Waals surface area contributed by atoms with Gasteiger partial charge in [-0.1, -0.05) is 36.4 Å². The van der Waals surface area contributed by atoms with Gasteiger partial charge in [0.2, 0.25) is 0 Å². The van der Waals surface area contributed by atoms with Gasteiger partial charge in [-0.2, -0.15) is 0 Å². The highest BCUT2D eigenvalue weighted by Crippen LogP contribution is 2.24. The van der Waals surface area contributed by atoms with Crippen LogP contribution in [0.3, 0.4) is 0 Å². The Bertz CT molecular complexity index is 751. The molecule has 1 aromatic heterocycles. The molecule has 1 aromatic carbocycles. The number of aryl methyl sites for hydroxylation is 1. The monoisotopic (exact) mass is 379 g/mol. The van der Waals surface area contributed by atoms with Crippen LogP contribution in [0, 0.1) is 6.92 Å². The van der Waals surface area contributed by atoms with E-state index in [1.165, 1.54) is 11.1 Å². The Balaban J connectivity index is 1.54. The summed E-state index contributed by atoms with van der Waals surface area (Å²) >= 11 is 0. The molecular weight excluding hydrogens is 346 g/mol. The Kier molecular flexibility index (Phi) is 7.43. The molecule has 0 radical (unpaired) electrons. The second kappa shape index (κ2) is 10.2. The maximum Gasteiger partial charge on any atom is 0.191 e. The van der Waals surface area contributed by atoms with Crippen LogP contribution < -0.4 is 10.6 Å². The van der Waals surface area contributed by atoms with Crippen molar-refractivity contribution < 1.29 is 0 Å². The number of guanidine groups is 1. The lowest BCUT2D eigenvalue weighted by atomic mass is 10.0. The number of aliphatic imine (C=N–C) groups is 1. The summed E-state index contributed by atoms with van der Waals surface area (Å²) in [4.78, 5) is 11.8. The van der Waals surface area contributed by atoms with Gasteiger partial charge in [0.15, 0.2) is 5.96 Å². The van der Waals surface area contributed by atoms with E-state index in [0.29, 0.717) is 18.6 Å². The summed E-state index contributed by atoms with van der Waals surface area (Å²) in [5.74, 6) is 0.891. The normalized spacial score (nSPS) is 17.3. The minimum absolute atomic E-state index is 0.460. The molecule has 0 saturated carbocycles. The lowest BCUT2D eigenvalue weighted by Gasteiger charge is -2.37. The SMILES string of the molecule is CCNC(=NCc1ncccc1C)NC1CCN(C(C)c2ccccc2)CC1. The van der Waals surface area contributed by atoms with E-state index in [2.05, 4.69) is 77.7 Å². The molecule has 1 aliphatic rings. The second-order valence-electron chi connectivity index (χ2n) is 7.50. The molecule has 0 amide bonds. The van der Waals surface area contributed by atoms with Gasteiger partial charge in [0.1, 0.15) is 0 Å². The van der Waals surface area contributed by atoms with Crippen molar-refractivity contribution >= 4 is 5.96 Å². The Morgan fingerprint density at radius 1 is 1.18 bits per heavy atom. The lowest BCUT2D eigenvalue weighted by Crippen LogP contribution is -2.49. The molecule has 5 nitrogen and oxygen atoms in total. The zero-order valence-electron chi connectivity index (χ0n) is 17.4. The molecule has 1 unspecified atom stereocenters. The highest BCUT2D eigenvalue weighted by Gasteiger charge is 2.24. The number of rotatable bonds is 6. The highest BCUT2D eigenvalue weighted by atomic mass is 15.2. The summed E-state index contributed by atoms with van der Waals surface area (Å²) in [7, 11) is 0. The lowest BCUT2D eigenvalue weighted by molar-refractivity contribution is 0.158. The molecule has 28 heavy (non-hydrogen) atoms. The van der Waals surface area contributed by atoms with Gasteiger partial charge < -0.3 is 10.6 Å². The van der Waals surface area contributed by atoms with E-state index in [-0.39, 0.29) is 0 Å². The topological polar surface area (TPSA) is 52.6 Å². The van der Waals surface area contributed by atoms with Gasteiger partial charge in [-0.3, -0.25) is 9.88 Å². The van der Waals surface area contributed by atoms with E-state index >= 15 is 0 Å². The number of nitrogens with zero attached hydrogens (tertiary/aromatic N) is 3. The van der Waals surface area contributed by atoms with Crippen molar-refractivity contribution in [3.05, 3.63) is 65.5 Å². The van der Waals surface area contributed by atoms with Crippen LogP contribution in [-0.2, 0) is 6.54 Å². The van der Waals surface area contributed by atoms with E-state index in [4.69, 9.17) is 4.99 Å². The van der Waals surface area contributed by atoms with Crippen molar-refractivity contribution in [2.45, 2.75) is 52.2 Å². The number of pyridine rings is 1. The first-order chi connectivity index (χ1) is 13.7. The number of benzene rings is 1. The van der Waals surface area contributed by atoms with Crippen molar-refractivity contribution in [2.24, 2.45) is 4.99 Å². The molecule has 1 atom stereocenters. The molecule has 3 rings (SSSR count). The fourth-order valence-electron chi connectivity index (χ4n) is 3.72. The number of aromatic nitrogens is 1. The quantitative estimate of drug-likeness (QED) is 0.594. The fourth-order valence-corrected chi connectivity index (χ4v) is 3.72. The molecule has 5 heteroatoms. The largest absolute Gasteiger partial charge is 0.357 e. The molecule has 2 N–H and O–H groups in total. The number of hydrogen-bond acceptors (Lipinski definition) is 3. The smallest absolute Gasteiger partial charge is 0.191 e. The number of piperidine rings is 1. The standard InChI is InChI=1S/C23H33N5/c1-4-24-23(26-17-22-18(2)9-8-14-25-22)27-21-12-15-28(16-13-21)19(3)20-10-6-5-7-11-20/h5-11,14,19,21H,4,12-13,15-17H2,1-3H3,(H2,24,26,27). The Hall–Kier alpha value is -2.40. The Morgan fingerprint density at radius 3 is 2.61 bits per heavy atom. The van der Waals surface area contributed by atoms with Gasteiger partial charge in [0.05, 0.1) is 12.2 Å². The number of hydrogen-bond donors (Lipinski definition) is 2. The van der Waals surface area contributed by atoms with Crippen LogP contribution >= 0.6 is 0 Å². The fraction of sp³-hybridized carbons (Fsp3) is 0.478. The Labute approximate surface area is 169 Å². The molecule has 2 aromatic rings. The van der Waals surface area contributed by atoms with Crippen LogP contribution in [0.25, 0.3) is 0 Å². The van der Waals surface area contributed by atoms with Gasteiger partial charge >= 0.3 is 0 Å². The molecule has 0 bridgehead atoms. The van der Waals surface area contributed by atoms with Gasteiger partial charge in [-0.25, -0.2) is 4.99 Å². The molecule has 1 fully saturated rings. The van der Waals surface area contributed by atoms with Crippen molar-refractivity contribution in [1.29, 1.82) is 0 Å². The molecular formula is C23H33N5. The van der Waals surface area contributed by atoms with Crippen LogP contribution in [0.4, 0.5) is 0 Å². The average molecular weight is 380 g/mol. The average Bonchev–Trinajstić information content (AvgIpc) is 2.74. The van der Waals surface area contributed by atoms with Gasteiger partial charge in [0.25, 0.3) is 0 Å². The first-order valence-electron chi connectivity index (χ1n) is 10.4. The third-order valence-corrected chi connectivity index (χ3v) is 5.55. The minimum Gasteiger partial charge on any atom is -0.357 e. The summed E-state index contributed by atoms with van der Waals surface area (Å²) in [5, 5.41) is 7.01. The summed E-state index contributed by atoms with van der Waals surface area (Å²) in [5.41, 5.74) is 3.62. The third kappa shape index (κ3) is 5.55. The third-order valence-electron chi connectivity index (χ3n) is 5.55. The Morgan fingerprint density at radius 2 is 1.93 bits per heavy atom. The zero-order valence-corrected chi connectivity index (χ0v) is 17.4. The van der Waals surface area contributed by atoms with Gasteiger partial charge in [-0.05, 0) is 50.8 Å². The van der Waals surface area contributed by atoms with E-state index in [9.17, 15) is 0 Å². The maximum atomic E-state index is 4.76. The van der Waals surface area contributed by atoms with Crippen LogP contribution in [0.5, 0.6) is 0 Å². The van der Waals surface area contributed by atoms with Crippen molar-refractivity contribution in [3.63, 3.8) is 0 Å². The summed E-state index contributed by atoms with van der Waals surface area (Å²) in [6, 6.07) is 15.8. The first kappa shape index (κ1) is 20.3. The predicted molar refractivity (Wildman–Crippen MR) is 116 cm³/mol. The van der Waals surface area contributed by atoms with Crippen LogP contribution in [0.1, 0.15) is 49.6 Å². The van der Waals surface area contributed by atoms with Gasteiger partial charge in [0, 0.05) is 37.9 Å². The predicted octanol–water partition coefficient (Wildman–Crippen LogP) is 3.67. The second-order valence-corrected chi connectivity index (χ2v) is 7.50. The van der Waals surface area contributed by atoms with Crippen molar-refractivity contribution in [3.8, 4) is 0 Å². The van der Waals surface area contributed by atoms with Crippen molar-refractivity contribution in [1.82, 2.24) is 20.5 Å².